The van der Waals surface area contributed by atoms with Gasteiger partial charge in [0, 0.05) is 19.2 Å². The Morgan fingerprint density at radius 1 is 1.56 bits per heavy atom. The van der Waals surface area contributed by atoms with E-state index in [-0.39, 0.29) is 28.2 Å². The van der Waals surface area contributed by atoms with E-state index < -0.39 is 6.03 Å². The largest absolute Gasteiger partial charge is 0.383 e. The number of amides is 3. The third-order valence-electron chi connectivity index (χ3n) is 2.23. The maximum Gasteiger partial charge on any atom is 0.324 e. The van der Waals surface area contributed by atoms with Gasteiger partial charge in [-0.1, -0.05) is 11.8 Å². The van der Waals surface area contributed by atoms with E-state index in [4.69, 9.17) is 5.73 Å². The predicted molar refractivity (Wildman–Crippen MR) is 65.1 cm³/mol. The zero-order valence-corrected chi connectivity index (χ0v) is 10.1. The number of thioether (sulfide) groups is 1. The van der Waals surface area contributed by atoms with E-state index in [9.17, 15) is 14.4 Å². The molecule has 1 aliphatic heterocycles. The van der Waals surface area contributed by atoms with E-state index in [0.29, 0.717) is 13.1 Å². The second-order valence-electron chi connectivity index (χ2n) is 3.54. The number of carbonyl (C=O) groups excluding carboxylic acids is 2. The number of aromatic amines is 1. The molecule has 0 bridgehead atoms. The van der Waals surface area contributed by atoms with Gasteiger partial charge in [-0.25, -0.2) is 9.78 Å². The molecule has 96 valence electrons. The van der Waals surface area contributed by atoms with Gasteiger partial charge in [-0.3, -0.25) is 14.5 Å². The molecule has 0 atom stereocenters. The molecule has 8 nitrogen and oxygen atoms in total. The third-order valence-corrected chi connectivity index (χ3v) is 3.09. The molecule has 2 heterocycles. The molecule has 18 heavy (non-hydrogen) atoms. The third kappa shape index (κ3) is 2.80. The molecule has 9 heteroatoms. The van der Waals surface area contributed by atoms with Crippen molar-refractivity contribution in [3.8, 4) is 0 Å². The van der Waals surface area contributed by atoms with Crippen LogP contribution in [-0.4, -0.2) is 45.6 Å². The fraction of sp³-hybridized carbons (Fsp3) is 0.333. The first-order valence-corrected chi connectivity index (χ1v) is 6.12. The summed E-state index contributed by atoms with van der Waals surface area (Å²) in [6.07, 6.45) is 0. The molecule has 3 amide bonds. The van der Waals surface area contributed by atoms with Crippen molar-refractivity contribution in [2.24, 2.45) is 0 Å². The number of nitrogen functional groups attached to an aromatic ring is 1. The van der Waals surface area contributed by atoms with Crippen molar-refractivity contribution < 1.29 is 9.59 Å². The Kier molecular flexibility index (Phi) is 3.51. The molecule has 1 aromatic heterocycles. The van der Waals surface area contributed by atoms with Crippen LogP contribution in [0.4, 0.5) is 10.6 Å². The Labute approximate surface area is 106 Å². The molecule has 0 radical (unpaired) electrons. The number of nitrogens with zero attached hydrogens (tertiary/aromatic N) is 2. The number of nitrogens with two attached hydrogens (primary N) is 1. The van der Waals surface area contributed by atoms with Crippen LogP contribution in [0.25, 0.3) is 0 Å². The first-order valence-electron chi connectivity index (χ1n) is 5.14. The van der Waals surface area contributed by atoms with Gasteiger partial charge < -0.3 is 16.0 Å². The summed E-state index contributed by atoms with van der Waals surface area (Å²) in [5.74, 6) is -0.229. The lowest BCUT2D eigenvalue weighted by Gasteiger charge is -2.11. The summed E-state index contributed by atoms with van der Waals surface area (Å²) >= 11 is 1.03. The normalized spacial score (nSPS) is 14.7. The molecule has 4 N–H and O–H groups in total. The summed E-state index contributed by atoms with van der Waals surface area (Å²) in [6, 6.07) is 0.759. The Balaban J connectivity index is 1.97. The van der Waals surface area contributed by atoms with E-state index in [0.717, 1.165) is 22.7 Å². The first-order chi connectivity index (χ1) is 8.56. The van der Waals surface area contributed by atoms with E-state index >= 15 is 0 Å². The lowest BCUT2D eigenvalue weighted by atomic mass is 10.5. The van der Waals surface area contributed by atoms with E-state index in [1.165, 1.54) is 0 Å². The second-order valence-corrected chi connectivity index (χ2v) is 4.51. The average Bonchev–Trinajstić information content (AvgIpc) is 2.71. The number of anilines is 1. The molecule has 0 spiro atoms. The zero-order chi connectivity index (χ0) is 13.1. The monoisotopic (exact) mass is 269 g/mol. The summed E-state index contributed by atoms with van der Waals surface area (Å²) in [7, 11) is 0. The summed E-state index contributed by atoms with van der Waals surface area (Å²) in [5.41, 5.74) is 5.03. The summed E-state index contributed by atoms with van der Waals surface area (Å²) < 4.78 is 0. The van der Waals surface area contributed by atoms with Crippen LogP contribution < -0.4 is 16.6 Å². The summed E-state index contributed by atoms with van der Waals surface area (Å²) in [6.45, 7) is 0.821. The summed E-state index contributed by atoms with van der Waals surface area (Å²) in [5, 5.41) is 2.79. The minimum Gasteiger partial charge on any atom is -0.383 e. The molecule has 2 rings (SSSR count). The number of rotatable bonds is 3. The van der Waals surface area contributed by atoms with Crippen LogP contribution in [0.1, 0.15) is 0 Å². The molecule has 0 aliphatic carbocycles. The molecular weight excluding hydrogens is 258 g/mol. The van der Waals surface area contributed by atoms with Crippen molar-refractivity contribution in [3.63, 3.8) is 0 Å². The SMILES string of the molecule is Nc1cc(=O)[nH]c(SCC(=O)N2CCNC2=O)n1. The number of hydrogen-bond donors (Lipinski definition) is 3. The fourth-order valence-electron chi connectivity index (χ4n) is 1.44. The summed E-state index contributed by atoms with van der Waals surface area (Å²) in [4.78, 5) is 41.5. The molecule has 1 fully saturated rings. The minimum atomic E-state index is -0.394. The maximum absolute atomic E-state index is 11.7. The Morgan fingerprint density at radius 2 is 2.33 bits per heavy atom. The van der Waals surface area contributed by atoms with Gasteiger partial charge in [0.05, 0.1) is 5.75 Å². The molecule has 1 aliphatic rings. The second kappa shape index (κ2) is 5.08. The number of hydrogen-bond acceptors (Lipinski definition) is 6. The quantitative estimate of drug-likeness (QED) is 0.478. The standard InChI is InChI=1S/C9H11N5O3S/c10-5-3-6(15)13-8(12-5)18-4-7(16)14-2-1-11-9(14)17/h3H,1-2,4H2,(H,11,17)(H3,10,12,13,15). The minimum absolute atomic E-state index is 0.0137. The molecule has 0 saturated carbocycles. The van der Waals surface area contributed by atoms with E-state index in [1.807, 2.05) is 0 Å². The van der Waals surface area contributed by atoms with Crippen LogP contribution in [0.15, 0.2) is 16.0 Å². The highest BCUT2D eigenvalue weighted by molar-refractivity contribution is 7.99. The van der Waals surface area contributed by atoms with Gasteiger partial charge in [0.1, 0.15) is 5.82 Å². The van der Waals surface area contributed by atoms with Gasteiger partial charge in [-0.05, 0) is 0 Å². The molecule has 1 aromatic rings. The Morgan fingerprint density at radius 3 is 2.94 bits per heavy atom. The lowest BCUT2D eigenvalue weighted by molar-refractivity contribution is -0.124. The lowest BCUT2D eigenvalue weighted by Crippen LogP contribution is -2.35. The first kappa shape index (κ1) is 12.4. The number of aromatic nitrogens is 2. The van der Waals surface area contributed by atoms with Gasteiger partial charge >= 0.3 is 6.03 Å². The van der Waals surface area contributed by atoms with Crippen LogP contribution in [0, 0.1) is 0 Å². The van der Waals surface area contributed by atoms with Crippen LogP contribution in [0.2, 0.25) is 0 Å². The van der Waals surface area contributed by atoms with Crippen molar-refractivity contribution in [1.82, 2.24) is 20.2 Å². The van der Waals surface area contributed by atoms with Crippen molar-refractivity contribution >= 4 is 29.5 Å². The van der Waals surface area contributed by atoms with Crippen molar-refractivity contribution in [3.05, 3.63) is 16.4 Å². The van der Waals surface area contributed by atoms with Gasteiger partial charge in [0.15, 0.2) is 5.16 Å². The van der Waals surface area contributed by atoms with Gasteiger partial charge in [0.2, 0.25) is 5.91 Å². The van der Waals surface area contributed by atoms with E-state index in [1.54, 1.807) is 0 Å². The Bertz CT molecular complexity index is 543. The van der Waals surface area contributed by atoms with Gasteiger partial charge in [0.25, 0.3) is 5.56 Å². The van der Waals surface area contributed by atoms with Gasteiger partial charge in [-0.15, -0.1) is 0 Å². The highest BCUT2D eigenvalue weighted by atomic mass is 32.2. The smallest absolute Gasteiger partial charge is 0.324 e. The topological polar surface area (TPSA) is 121 Å². The highest BCUT2D eigenvalue weighted by Crippen LogP contribution is 2.13. The maximum atomic E-state index is 11.7. The number of nitrogens with one attached hydrogen (secondary N) is 2. The molecule has 0 aromatic carbocycles. The highest BCUT2D eigenvalue weighted by Gasteiger charge is 2.25. The predicted octanol–water partition coefficient (Wildman–Crippen LogP) is -1.00. The zero-order valence-electron chi connectivity index (χ0n) is 9.30. The van der Waals surface area contributed by atoms with Crippen LogP contribution >= 0.6 is 11.8 Å². The average molecular weight is 269 g/mol. The van der Waals surface area contributed by atoms with Crippen LogP contribution in [0.3, 0.4) is 0 Å². The molecule has 1 saturated heterocycles. The van der Waals surface area contributed by atoms with Crippen LogP contribution in [-0.2, 0) is 4.79 Å². The number of carbonyl (C=O) groups is 2. The number of urea groups is 1. The van der Waals surface area contributed by atoms with Gasteiger partial charge in [-0.2, -0.15) is 0 Å². The molecule has 0 unspecified atom stereocenters. The number of imide groups is 1. The van der Waals surface area contributed by atoms with E-state index in [2.05, 4.69) is 15.3 Å². The van der Waals surface area contributed by atoms with Crippen molar-refractivity contribution in [2.45, 2.75) is 5.16 Å². The van der Waals surface area contributed by atoms with Crippen molar-refractivity contribution in [2.75, 3.05) is 24.6 Å². The number of H-pyrrole nitrogens is 1. The fourth-order valence-corrected chi connectivity index (χ4v) is 2.20. The Hall–Kier alpha value is -2.03. The molecular formula is C9H11N5O3S. The van der Waals surface area contributed by atoms with Crippen molar-refractivity contribution in [1.29, 1.82) is 0 Å². The van der Waals surface area contributed by atoms with Crippen LogP contribution in [0.5, 0.6) is 0 Å².